The fraction of sp³-hybridized carbons (Fsp3) is 0.0500. The van der Waals surface area contributed by atoms with Gasteiger partial charge in [0, 0.05) is 11.9 Å². The van der Waals surface area contributed by atoms with Crippen molar-refractivity contribution in [3.8, 4) is 0 Å². The standard InChI is InChI=1S/C20H15FN4/c1-14-5-2-7-16(11-14)25(17-8-3-6-15(21)12-17)20-23-13-19-18(24-20)9-4-10-22-19/h2-13H,1H3. The van der Waals surface area contributed by atoms with Gasteiger partial charge >= 0.3 is 0 Å². The van der Waals surface area contributed by atoms with Crippen LogP contribution in [0.1, 0.15) is 5.56 Å². The van der Waals surface area contributed by atoms with Crippen molar-refractivity contribution >= 4 is 28.4 Å². The number of fused-ring (bicyclic) bond motifs is 1. The summed E-state index contributed by atoms with van der Waals surface area (Å²) in [6.07, 6.45) is 3.38. The molecule has 25 heavy (non-hydrogen) atoms. The van der Waals surface area contributed by atoms with Gasteiger partial charge in [-0.1, -0.05) is 18.2 Å². The van der Waals surface area contributed by atoms with E-state index in [4.69, 9.17) is 0 Å². The normalized spacial score (nSPS) is 10.8. The van der Waals surface area contributed by atoms with E-state index in [1.807, 2.05) is 54.3 Å². The molecule has 0 unspecified atom stereocenters. The van der Waals surface area contributed by atoms with Gasteiger partial charge in [-0.3, -0.25) is 9.88 Å². The number of nitrogens with zero attached hydrogens (tertiary/aromatic N) is 4. The molecule has 0 aliphatic rings. The Kier molecular flexibility index (Phi) is 3.82. The van der Waals surface area contributed by atoms with E-state index in [-0.39, 0.29) is 5.82 Å². The van der Waals surface area contributed by atoms with Gasteiger partial charge in [0.2, 0.25) is 5.95 Å². The van der Waals surface area contributed by atoms with Crippen molar-refractivity contribution in [1.82, 2.24) is 15.0 Å². The van der Waals surface area contributed by atoms with Crippen molar-refractivity contribution in [3.05, 3.63) is 84.4 Å². The highest BCUT2D eigenvalue weighted by molar-refractivity contribution is 5.78. The molecule has 4 rings (SSSR count). The second-order valence-electron chi connectivity index (χ2n) is 5.73. The number of hydrogen-bond donors (Lipinski definition) is 0. The van der Waals surface area contributed by atoms with Gasteiger partial charge in [0.05, 0.1) is 17.4 Å². The largest absolute Gasteiger partial charge is 0.279 e. The second kappa shape index (κ2) is 6.28. The number of hydrogen-bond acceptors (Lipinski definition) is 4. The lowest BCUT2D eigenvalue weighted by molar-refractivity contribution is 0.628. The number of benzene rings is 2. The Morgan fingerprint density at radius 2 is 1.64 bits per heavy atom. The maximum atomic E-state index is 13.8. The Hall–Kier alpha value is -3.34. The summed E-state index contributed by atoms with van der Waals surface area (Å²) in [6, 6.07) is 18.1. The Balaban J connectivity index is 1.92. The van der Waals surface area contributed by atoms with Gasteiger partial charge in [0.15, 0.2) is 0 Å². The quantitative estimate of drug-likeness (QED) is 0.533. The van der Waals surface area contributed by atoms with Gasteiger partial charge in [-0.2, -0.15) is 0 Å². The van der Waals surface area contributed by atoms with Crippen LogP contribution < -0.4 is 4.90 Å². The summed E-state index contributed by atoms with van der Waals surface area (Å²) < 4.78 is 13.8. The van der Waals surface area contributed by atoms with E-state index in [9.17, 15) is 4.39 Å². The van der Waals surface area contributed by atoms with Crippen LogP contribution in [0.5, 0.6) is 0 Å². The van der Waals surface area contributed by atoms with Crippen LogP contribution in [0, 0.1) is 12.7 Å². The van der Waals surface area contributed by atoms with Gasteiger partial charge in [0.25, 0.3) is 0 Å². The van der Waals surface area contributed by atoms with Gasteiger partial charge < -0.3 is 0 Å². The zero-order valence-corrected chi connectivity index (χ0v) is 13.6. The van der Waals surface area contributed by atoms with Crippen LogP contribution in [0.4, 0.5) is 21.7 Å². The maximum absolute atomic E-state index is 13.8. The monoisotopic (exact) mass is 330 g/mol. The predicted octanol–water partition coefficient (Wildman–Crippen LogP) is 4.94. The molecule has 0 radical (unpaired) electrons. The molecule has 2 aromatic carbocycles. The second-order valence-corrected chi connectivity index (χ2v) is 5.73. The third kappa shape index (κ3) is 3.04. The lowest BCUT2D eigenvalue weighted by Gasteiger charge is -2.23. The van der Waals surface area contributed by atoms with Crippen LogP contribution in [-0.4, -0.2) is 15.0 Å². The van der Waals surface area contributed by atoms with Crippen molar-refractivity contribution < 1.29 is 4.39 Å². The van der Waals surface area contributed by atoms with E-state index in [0.29, 0.717) is 11.6 Å². The highest BCUT2D eigenvalue weighted by atomic mass is 19.1. The molecule has 2 aromatic heterocycles. The lowest BCUT2D eigenvalue weighted by atomic mass is 10.2. The van der Waals surface area contributed by atoms with E-state index in [0.717, 1.165) is 22.3 Å². The zero-order valence-electron chi connectivity index (χ0n) is 13.6. The molecule has 0 atom stereocenters. The molecule has 0 spiro atoms. The third-order valence-electron chi connectivity index (χ3n) is 3.87. The maximum Gasteiger partial charge on any atom is 0.235 e. The molecule has 5 heteroatoms. The minimum Gasteiger partial charge on any atom is -0.279 e. The molecule has 0 bridgehead atoms. The molecule has 0 saturated carbocycles. The van der Waals surface area contributed by atoms with Crippen LogP contribution in [0.3, 0.4) is 0 Å². The predicted molar refractivity (Wildman–Crippen MR) is 96.7 cm³/mol. The van der Waals surface area contributed by atoms with Crippen molar-refractivity contribution in [2.24, 2.45) is 0 Å². The molecule has 0 fully saturated rings. The number of pyridine rings is 1. The number of aryl methyl sites for hydroxylation is 1. The Morgan fingerprint density at radius 1 is 0.840 bits per heavy atom. The minimum atomic E-state index is -0.308. The molecule has 0 amide bonds. The first-order valence-corrected chi connectivity index (χ1v) is 7.91. The zero-order chi connectivity index (χ0) is 17.2. The van der Waals surface area contributed by atoms with Crippen molar-refractivity contribution in [2.45, 2.75) is 6.92 Å². The molecule has 122 valence electrons. The first-order valence-electron chi connectivity index (χ1n) is 7.91. The summed E-state index contributed by atoms with van der Waals surface area (Å²) in [5, 5.41) is 0. The molecule has 0 aliphatic carbocycles. The van der Waals surface area contributed by atoms with Crippen LogP contribution in [0.25, 0.3) is 11.0 Å². The molecular weight excluding hydrogens is 315 g/mol. The van der Waals surface area contributed by atoms with Gasteiger partial charge in [0.1, 0.15) is 11.3 Å². The summed E-state index contributed by atoms with van der Waals surface area (Å²) in [7, 11) is 0. The number of anilines is 3. The van der Waals surface area contributed by atoms with E-state index in [1.54, 1.807) is 18.5 Å². The highest BCUT2D eigenvalue weighted by Gasteiger charge is 2.16. The number of halogens is 1. The van der Waals surface area contributed by atoms with Gasteiger partial charge in [-0.25, -0.2) is 14.4 Å². The topological polar surface area (TPSA) is 41.9 Å². The van der Waals surface area contributed by atoms with E-state index in [2.05, 4.69) is 15.0 Å². The average molecular weight is 330 g/mol. The summed E-state index contributed by atoms with van der Waals surface area (Å²) in [6.45, 7) is 2.01. The summed E-state index contributed by atoms with van der Waals surface area (Å²) in [5.74, 6) is 0.161. The van der Waals surface area contributed by atoms with Crippen molar-refractivity contribution in [2.75, 3.05) is 4.90 Å². The SMILES string of the molecule is Cc1cccc(N(c2cccc(F)c2)c2ncc3ncccc3n2)c1. The third-order valence-corrected chi connectivity index (χ3v) is 3.87. The van der Waals surface area contributed by atoms with E-state index < -0.39 is 0 Å². The molecule has 4 nitrogen and oxygen atoms in total. The fourth-order valence-corrected chi connectivity index (χ4v) is 2.73. The number of aromatic nitrogens is 3. The van der Waals surface area contributed by atoms with Crippen molar-refractivity contribution in [3.63, 3.8) is 0 Å². The van der Waals surface area contributed by atoms with Gasteiger partial charge in [-0.05, 0) is 55.0 Å². The van der Waals surface area contributed by atoms with Crippen LogP contribution in [-0.2, 0) is 0 Å². The molecule has 0 aliphatic heterocycles. The van der Waals surface area contributed by atoms with Crippen LogP contribution in [0.15, 0.2) is 73.1 Å². The first-order chi connectivity index (χ1) is 12.2. The van der Waals surface area contributed by atoms with E-state index in [1.165, 1.54) is 12.1 Å². The summed E-state index contributed by atoms with van der Waals surface area (Å²) >= 11 is 0. The molecule has 0 N–H and O–H groups in total. The van der Waals surface area contributed by atoms with Crippen molar-refractivity contribution in [1.29, 1.82) is 0 Å². The fourth-order valence-electron chi connectivity index (χ4n) is 2.73. The molecular formula is C20H15FN4. The van der Waals surface area contributed by atoms with E-state index >= 15 is 0 Å². The smallest absolute Gasteiger partial charge is 0.235 e. The van der Waals surface area contributed by atoms with Crippen LogP contribution in [0.2, 0.25) is 0 Å². The number of rotatable bonds is 3. The molecule has 0 saturated heterocycles. The Bertz CT molecular complexity index is 1000. The summed E-state index contributed by atoms with van der Waals surface area (Å²) in [5.41, 5.74) is 4.08. The Labute approximate surface area is 144 Å². The molecule has 4 aromatic rings. The summed E-state index contributed by atoms with van der Waals surface area (Å²) in [4.78, 5) is 15.2. The first kappa shape index (κ1) is 15.2. The van der Waals surface area contributed by atoms with Gasteiger partial charge in [-0.15, -0.1) is 0 Å². The van der Waals surface area contributed by atoms with Crippen LogP contribution >= 0.6 is 0 Å². The highest BCUT2D eigenvalue weighted by Crippen LogP contribution is 2.33. The average Bonchev–Trinajstić information content (AvgIpc) is 2.62. The lowest BCUT2D eigenvalue weighted by Crippen LogP contribution is -2.13. The minimum absolute atomic E-state index is 0.308. The molecule has 2 heterocycles. The Morgan fingerprint density at radius 3 is 2.44 bits per heavy atom.